The molecule has 0 bridgehead atoms. The van der Waals surface area contributed by atoms with Crippen LogP contribution in [0.4, 0.5) is 22.7 Å². The molecule has 36 heavy (non-hydrogen) atoms. The molecule has 0 atom stereocenters. The van der Waals surface area contributed by atoms with Crippen molar-refractivity contribution in [2.45, 2.75) is 55.4 Å². The van der Waals surface area contributed by atoms with Crippen LogP contribution in [-0.4, -0.2) is 14.1 Å². The van der Waals surface area contributed by atoms with Gasteiger partial charge in [0.15, 0.2) is 0 Å². The van der Waals surface area contributed by atoms with Gasteiger partial charge in [-0.2, -0.15) is 0 Å². The number of benzene rings is 4. The lowest BCUT2D eigenvalue weighted by Crippen LogP contribution is -2.08. The highest BCUT2D eigenvalue weighted by Crippen LogP contribution is 2.22. The van der Waals surface area contributed by atoms with E-state index in [1.165, 1.54) is 22.7 Å². The smallest absolute Gasteiger partial charge is 0.0408 e. The zero-order chi connectivity index (χ0) is 27.6. The fourth-order valence-electron chi connectivity index (χ4n) is 2.90. The molecule has 4 aromatic carbocycles. The Labute approximate surface area is 223 Å². The summed E-state index contributed by atoms with van der Waals surface area (Å²) in [6, 6.07) is 41.4. The van der Waals surface area contributed by atoms with Crippen molar-refractivity contribution in [3.63, 3.8) is 0 Å². The van der Waals surface area contributed by atoms with E-state index in [0.29, 0.717) is 0 Å². The Morgan fingerprint density at radius 3 is 0.556 bits per heavy atom. The molecule has 0 saturated carbocycles. The predicted octanol–water partition coefficient (Wildman–Crippen LogP) is 11.0. The van der Waals surface area contributed by atoms with Crippen LogP contribution in [-0.2, 0) is 0 Å². The molecule has 0 aliphatic heterocycles. The maximum absolute atomic E-state index is 2.17. The van der Waals surface area contributed by atoms with Gasteiger partial charge in [0.25, 0.3) is 0 Å². The highest BCUT2D eigenvalue weighted by atomic mass is 15.1. The minimum Gasteiger partial charge on any atom is -0.345 e. The molecule has 0 fully saturated rings. The molecule has 2 nitrogen and oxygen atoms in total. The summed E-state index contributed by atoms with van der Waals surface area (Å²) in [5, 5.41) is 0. The summed E-state index contributed by atoms with van der Waals surface area (Å²) in [5.41, 5.74) is 4.83. The molecule has 0 saturated heterocycles. The van der Waals surface area contributed by atoms with Crippen LogP contribution in [0.2, 0.25) is 0 Å². The molecule has 4 rings (SSSR count). The first-order chi connectivity index (χ1) is 17.8. The van der Waals surface area contributed by atoms with Crippen molar-refractivity contribution >= 4 is 22.7 Å². The SMILES string of the molecule is CC.CC.CC.CC.CN(c1ccccc1)c1ccccc1.CN(c1ccccc1)c1ccccc1. The second-order valence-corrected chi connectivity index (χ2v) is 6.46. The number of anilines is 4. The molecular formula is C34H50N2. The molecule has 0 aliphatic carbocycles. The van der Waals surface area contributed by atoms with Crippen molar-refractivity contribution in [1.82, 2.24) is 0 Å². The van der Waals surface area contributed by atoms with Gasteiger partial charge in [0.2, 0.25) is 0 Å². The van der Waals surface area contributed by atoms with Crippen LogP contribution in [0, 0.1) is 0 Å². The van der Waals surface area contributed by atoms with Crippen molar-refractivity contribution in [1.29, 1.82) is 0 Å². The van der Waals surface area contributed by atoms with Crippen molar-refractivity contribution in [3.05, 3.63) is 121 Å². The van der Waals surface area contributed by atoms with Gasteiger partial charge < -0.3 is 9.80 Å². The van der Waals surface area contributed by atoms with Gasteiger partial charge in [-0.15, -0.1) is 0 Å². The minimum absolute atomic E-state index is 1.21. The maximum Gasteiger partial charge on any atom is 0.0408 e. The van der Waals surface area contributed by atoms with Crippen LogP contribution < -0.4 is 9.80 Å². The summed E-state index contributed by atoms with van der Waals surface area (Å²) in [4.78, 5) is 4.33. The summed E-state index contributed by atoms with van der Waals surface area (Å²) in [6.45, 7) is 16.0. The summed E-state index contributed by atoms with van der Waals surface area (Å²) < 4.78 is 0. The molecule has 0 spiro atoms. The van der Waals surface area contributed by atoms with E-state index < -0.39 is 0 Å². The van der Waals surface area contributed by atoms with Gasteiger partial charge in [-0.1, -0.05) is 128 Å². The number of para-hydroxylation sites is 4. The normalized spacial score (nSPS) is 8.28. The second kappa shape index (κ2) is 24.6. The largest absolute Gasteiger partial charge is 0.345 e. The van der Waals surface area contributed by atoms with Crippen molar-refractivity contribution in [3.8, 4) is 0 Å². The molecule has 196 valence electrons. The molecule has 4 aromatic rings. The zero-order valence-electron chi connectivity index (χ0n) is 24.4. The average molecular weight is 487 g/mol. The van der Waals surface area contributed by atoms with Crippen LogP contribution in [0.5, 0.6) is 0 Å². The number of hydrogen-bond donors (Lipinski definition) is 0. The van der Waals surface area contributed by atoms with Crippen molar-refractivity contribution in [2.24, 2.45) is 0 Å². The number of nitrogens with zero attached hydrogens (tertiary/aromatic N) is 2. The summed E-state index contributed by atoms with van der Waals surface area (Å²) in [6.07, 6.45) is 0. The summed E-state index contributed by atoms with van der Waals surface area (Å²) >= 11 is 0. The third-order valence-electron chi connectivity index (χ3n) is 4.57. The maximum atomic E-state index is 2.17. The van der Waals surface area contributed by atoms with Crippen LogP contribution in [0.1, 0.15) is 55.4 Å². The molecule has 0 unspecified atom stereocenters. The van der Waals surface area contributed by atoms with Gasteiger partial charge >= 0.3 is 0 Å². The Morgan fingerprint density at radius 1 is 0.278 bits per heavy atom. The van der Waals surface area contributed by atoms with Crippen LogP contribution in [0.3, 0.4) is 0 Å². The average Bonchev–Trinajstić information content (AvgIpc) is 3.02. The van der Waals surface area contributed by atoms with Crippen molar-refractivity contribution < 1.29 is 0 Å². The lowest BCUT2D eigenvalue weighted by Gasteiger charge is -2.18. The summed E-state index contributed by atoms with van der Waals surface area (Å²) in [5.74, 6) is 0. The van der Waals surface area contributed by atoms with Crippen LogP contribution in [0.25, 0.3) is 0 Å². The van der Waals surface area contributed by atoms with E-state index in [0.717, 1.165) is 0 Å². The Bertz CT molecular complexity index is 764. The minimum atomic E-state index is 1.21. The summed E-state index contributed by atoms with van der Waals surface area (Å²) in [7, 11) is 4.15. The third kappa shape index (κ3) is 13.4. The monoisotopic (exact) mass is 486 g/mol. The molecule has 0 aromatic heterocycles. The topological polar surface area (TPSA) is 6.48 Å². The first kappa shape index (κ1) is 34.6. The molecule has 0 N–H and O–H groups in total. The van der Waals surface area contributed by atoms with Crippen LogP contribution in [0.15, 0.2) is 121 Å². The molecule has 2 heteroatoms. The highest BCUT2D eigenvalue weighted by Gasteiger charge is 2.01. The van der Waals surface area contributed by atoms with Gasteiger partial charge in [0.1, 0.15) is 0 Å². The Kier molecular flexibility index (Phi) is 23.7. The van der Waals surface area contributed by atoms with Crippen LogP contribution >= 0.6 is 0 Å². The lowest BCUT2D eigenvalue weighted by atomic mass is 10.2. The highest BCUT2D eigenvalue weighted by molar-refractivity contribution is 5.62. The number of rotatable bonds is 4. The fourth-order valence-corrected chi connectivity index (χ4v) is 2.90. The molecule has 0 amide bonds. The van der Waals surface area contributed by atoms with Gasteiger partial charge in [-0.25, -0.2) is 0 Å². The zero-order valence-corrected chi connectivity index (χ0v) is 24.4. The van der Waals surface area contributed by atoms with E-state index in [-0.39, 0.29) is 0 Å². The number of hydrogen-bond acceptors (Lipinski definition) is 2. The second-order valence-electron chi connectivity index (χ2n) is 6.46. The van der Waals surface area contributed by atoms with E-state index in [1.54, 1.807) is 0 Å². The lowest BCUT2D eigenvalue weighted by molar-refractivity contribution is 1.21. The van der Waals surface area contributed by atoms with E-state index in [4.69, 9.17) is 0 Å². The van der Waals surface area contributed by atoms with Gasteiger partial charge in [0, 0.05) is 36.8 Å². The van der Waals surface area contributed by atoms with E-state index in [9.17, 15) is 0 Å². The van der Waals surface area contributed by atoms with Gasteiger partial charge in [-0.3, -0.25) is 0 Å². The molecular weight excluding hydrogens is 436 g/mol. The fraction of sp³-hybridized carbons (Fsp3) is 0.294. The Balaban J connectivity index is 0. The first-order valence-electron chi connectivity index (χ1n) is 13.4. The van der Waals surface area contributed by atoms with Gasteiger partial charge in [0.05, 0.1) is 0 Å². The van der Waals surface area contributed by atoms with E-state index in [2.05, 4.69) is 121 Å². The van der Waals surface area contributed by atoms with E-state index >= 15 is 0 Å². The Hall–Kier alpha value is -3.52. The molecule has 0 heterocycles. The molecule has 0 radical (unpaired) electrons. The molecule has 0 aliphatic rings. The Morgan fingerprint density at radius 2 is 0.417 bits per heavy atom. The van der Waals surface area contributed by atoms with E-state index in [1.807, 2.05) is 79.7 Å². The quantitative estimate of drug-likeness (QED) is 0.283. The van der Waals surface area contributed by atoms with Gasteiger partial charge in [-0.05, 0) is 48.5 Å². The standard InChI is InChI=1S/2C13H13N.4C2H6/c2*1-14(12-8-4-2-5-9-12)13-10-6-3-7-11-13;4*1-2/h2*2-11H,1H3;4*1-2H3. The van der Waals surface area contributed by atoms with Crippen molar-refractivity contribution in [2.75, 3.05) is 23.9 Å². The predicted molar refractivity (Wildman–Crippen MR) is 167 cm³/mol. The first-order valence-corrected chi connectivity index (χ1v) is 13.4. The third-order valence-corrected chi connectivity index (χ3v) is 4.57.